The van der Waals surface area contributed by atoms with Gasteiger partial charge in [0.1, 0.15) is 0 Å². The van der Waals surface area contributed by atoms with Crippen molar-refractivity contribution in [1.29, 1.82) is 0 Å². The average Bonchev–Trinajstić information content (AvgIpc) is 3.06. The zero-order valence-electron chi connectivity index (χ0n) is 14.4. The standard InChI is InChI=1S/C19H19N3O4/c1-13-16(4-2-5-17(13)22(25)26)19(24)20-12-14-7-9-15(10-8-14)21-11-3-6-18(21)23/h2,4-5,7-10H,3,6,11-12H2,1H3,(H,20,24). The molecule has 0 spiro atoms. The summed E-state index contributed by atoms with van der Waals surface area (Å²) in [5.41, 5.74) is 2.31. The first-order valence-corrected chi connectivity index (χ1v) is 8.39. The van der Waals surface area contributed by atoms with Crippen molar-refractivity contribution < 1.29 is 14.5 Å². The van der Waals surface area contributed by atoms with Crippen molar-refractivity contribution in [2.45, 2.75) is 26.3 Å². The first-order valence-electron chi connectivity index (χ1n) is 8.39. The number of nitrogens with zero attached hydrogens (tertiary/aromatic N) is 2. The van der Waals surface area contributed by atoms with Crippen molar-refractivity contribution in [3.05, 3.63) is 69.3 Å². The fourth-order valence-corrected chi connectivity index (χ4v) is 3.06. The number of benzene rings is 2. The van der Waals surface area contributed by atoms with Crippen LogP contribution in [0.25, 0.3) is 0 Å². The molecule has 1 heterocycles. The Morgan fingerprint density at radius 3 is 2.58 bits per heavy atom. The minimum absolute atomic E-state index is 0.0720. The van der Waals surface area contributed by atoms with E-state index >= 15 is 0 Å². The van der Waals surface area contributed by atoms with Crippen LogP contribution in [0.15, 0.2) is 42.5 Å². The Bertz CT molecular complexity index is 862. The minimum atomic E-state index is -0.496. The van der Waals surface area contributed by atoms with E-state index in [1.807, 2.05) is 24.3 Å². The minimum Gasteiger partial charge on any atom is -0.348 e. The molecule has 0 aromatic heterocycles. The summed E-state index contributed by atoms with van der Waals surface area (Å²) in [5, 5.41) is 13.8. The SMILES string of the molecule is Cc1c(C(=O)NCc2ccc(N3CCCC3=O)cc2)cccc1[N+](=O)[O-]. The Morgan fingerprint density at radius 1 is 1.23 bits per heavy atom. The lowest BCUT2D eigenvalue weighted by Crippen LogP contribution is -2.25. The van der Waals surface area contributed by atoms with Gasteiger partial charge in [-0.15, -0.1) is 0 Å². The van der Waals surface area contributed by atoms with E-state index in [0.29, 0.717) is 24.1 Å². The highest BCUT2D eigenvalue weighted by Gasteiger charge is 2.21. The Kier molecular flexibility index (Phi) is 4.97. The van der Waals surface area contributed by atoms with Gasteiger partial charge in [-0.25, -0.2) is 0 Å². The van der Waals surface area contributed by atoms with Gasteiger partial charge in [0.15, 0.2) is 0 Å². The predicted octanol–water partition coefficient (Wildman–Crippen LogP) is 2.96. The molecule has 1 fully saturated rings. The smallest absolute Gasteiger partial charge is 0.273 e. The van der Waals surface area contributed by atoms with Crippen LogP contribution in [0.4, 0.5) is 11.4 Å². The molecule has 1 aliphatic heterocycles. The van der Waals surface area contributed by atoms with Crippen LogP contribution in [0.5, 0.6) is 0 Å². The fourth-order valence-electron chi connectivity index (χ4n) is 3.06. The molecule has 0 saturated carbocycles. The van der Waals surface area contributed by atoms with E-state index in [-0.39, 0.29) is 17.5 Å². The highest BCUT2D eigenvalue weighted by molar-refractivity contribution is 5.96. The van der Waals surface area contributed by atoms with Gasteiger partial charge in [0, 0.05) is 42.4 Å². The van der Waals surface area contributed by atoms with E-state index in [1.54, 1.807) is 17.9 Å². The Hall–Kier alpha value is -3.22. The number of anilines is 1. The number of amides is 2. The largest absolute Gasteiger partial charge is 0.348 e. The molecule has 0 bridgehead atoms. The molecule has 0 atom stereocenters. The molecular formula is C19H19N3O4. The van der Waals surface area contributed by atoms with Crippen molar-refractivity contribution in [3.8, 4) is 0 Å². The summed E-state index contributed by atoms with van der Waals surface area (Å²) in [6, 6.07) is 11.9. The number of carbonyl (C=O) groups is 2. The van der Waals surface area contributed by atoms with E-state index in [4.69, 9.17) is 0 Å². The van der Waals surface area contributed by atoms with Crippen LogP contribution in [0.3, 0.4) is 0 Å². The monoisotopic (exact) mass is 353 g/mol. The van der Waals surface area contributed by atoms with Crippen molar-refractivity contribution in [2.24, 2.45) is 0 Å². The van der Waals surface area contributed by atoms with E-state index in [9.17, 15) is 19.7 Å². The number of nitrogens with one attached hydrogen (secondary N) is 1. The highest BCUT2D eigenvalue weighted by atomic mass is 16.6. The summed E-state index contributed by atoms with van der Waals surface area (Å²) in [5.74, 6) is -0.225. The first kappa shape index (κ1) is 17.6. The summed E-state index contributed by atoms with van der Waals surface area (Å²) in [6.07, 6.45) is 1.46. The van der Waals surface area contributed by atoms with Crippen molar-refractivity contribution in [1.82, 2.24) is 5.32 Å². The molecule has 1 N–H and O–H groups in total. The van der Waals surface area contributed by atoms with Crippen molar-refractivity contribution >= 4 is 23.2 Å². The molecule has 7 nitrogen and oxygen atoms in total. The summed E-state index contributed by atoms with van der Waals surface area (Å²) in [7, 11) is 0. The number of hydrogen-bond donors (Lipinski definition) is 1. The lowest BCUT2D eigenvalue weighted by atomic mass is 10.1. The van der Waals surface area contributed by atoms with Gasteiger partial charge in [-0.1, -0.05) is 18.2 Å². The van der Waals surface area contributed by atoms with E-state index < -0.39 is 4.92 Å². The zero-order chi connectivity index (χ0) is 18.7. The number of rotatable bonds is 5. The van der Waals surface area contributed by atoms with Crippen LogP contribution in [0.2, 0.25) is 0 Å². The van der Waals surface area contributed by atoms with E-state index in [2.05, 4.69) is 5.32 Å². The van der Waals surface area contributed by atoms with Gasteiger partial charge in [-0.05, 0) is 37.1 Å². The van der Waals surface area contributed by atoms with E-state index in [0.717, 1.165) is 24.2 Å². The number of hydrogen-bond acceptors (Lipinski definition) is 4. The first-order chi connectivity index (χ1) is 12.5. The lowest BCUT2D eigenvalue weighted by Gasteiger charge is -2.16. The third-order valence-electron chi connectivity index (χ3n) is 4.52. The maximum Gasteiger partial charge on any atom is 0.273 e. The Labute approximate surface area is 150 Å². The summed E-state index contributed by atoms with van der Waals surface area (Å²) >= 11 is 0. The highest BCUT2D eigenvalue weighted by Crippen LogP contribution is 2.22. The van der Waals surface area contributed by atoms with Gasteiger partial charge in [-0.3, -0.25) is 19.7 Å². The molecule has 134 valence electrons. The lowest BCUT2D eigenvalue weighted by molar-refractivity contribution is -0.385. The van der Waals surface area contributed by atoms with Crippen LogP contribution in [-0.4, -0.2) is 23.3 Å². The maximum atomic E-state index is 12.3. The van der Waals surface area contributed by atoms with Crippen LogP contribution in [-0.2, 0) is 11.3 Å². The van der Waals surface area contributed by atoms with Gasteiger partial charge < -0.3 is 10.2 Å². The maximum absolute atomic E-state index is 12.3. The normalized spacial score (nSPS) is 13.7. The molecule has 0 radical (unpaired) electrons. The van der Waals surface area contributed by atoms with Gasteiger partial charge >= 0.3 is 0 Å². The summed E-state index contributed by atoms with van der Waals surface area (Å²) in [6.45, 7) is 2.60. The van der Waals surface area contributed by atoms with Crippen LogP contribution in [0.1, 0.15) is 34.3 Å². The summed E-state index contributed by atoms with van der Waals surface area (Å²) in [4.78, 5) is 36.4. The quantitative estimate of drug-likeness (QED) is 0.661. The van der Waals surface area contributed by atoms with Crippen LogP contribution < -0.4 is 10.2 Å². The number of nitro benzene ring substituents is 1. The average molecular weight is 353 g/mol. The Morgan fingerprint density at radius 2 is 1.96 bits per heavy atom. The van der Waals surface area contributed by atoms with Gasteiger partial charge in [-0.2, -0.15) is 0 Å². The van der Waals surface area contributed by atoms with Crippen LogP contribution in [0, 0.1) is 17.0 Å². The third kappa shape index (κ3) is 3.56. The summed E-state index contributed by atoms with van der Waals surface area (Å²) < 4.78 is 0. The molecule has 0 unspecified atom stereocenters. The predicted molar refractivity (Wildman–Crippen MR) is 97.0 cm³/mol. The number of nitro groups is 1. The van der Waals surface area contributed by atoms with Gasteiger partial charge in [0.05, 0.1) is 4.92 Å². The molecule has 0 aliphatic carbocycles. The topological polar surface area (TPSA) is 92.6 Å². The van der Waals surface area contributed by atoms with Crippen LogP contribution >= 0.6 is 0 Å². The molecule has 2 aromatic rings. The van der Waals surface area contributed by atoms with Gasteiger partial charge in [0.2, 0.25) is 5.91 Å². The molecule has 1 saturated heterocycles. The van der Waals surface area contributed by atoms with Crippen molar-refractivity contribution in [3.63, 3.8) is 0 Å². The number of carbonyl (C=O) groups excluding carboxylic acids is 2. The second-order valence-corrected chi connectivity index (χ2v) is 6.20. The zero-order valence-corrected chi connectivity index (χ0v) is 14.4. The second-order valence-electron chi connectivity index (χ2n) is 6.20. The molecule has 2 aromatic carbocycles. The third-order valence-corrected chi connectivity index (χ3v) is 4.52. The van der Waals surface area contributed by atoms with Crippen molar-refractivity contribution in [2.75, 3.05) is 11.4 Å². The molecule has 3 rings (SSSR count). The Balaban J connectivity index is 1.66. The molecule has 7 heteroatoms. The molecule has 1 aliphatic rings. The van der Waals surface area contributed by atoms with Gasteiger partial charge in [0.25, 0.3) is 11.6 Å². The fraction of sp³-hybridized carbons (Fsp3) is 0.263. The molecule has 26 heavy (non-hydrogen) atoms. The molecule has 2 amide bonds. The van der Waals surface area contributed by atoms with E-state index in [1.165, 1.54) is 12.1 Å². The molecular weight excluding hydrogens is 334 g/mol. The second kappa shape index (κ2) is 7.35.